The van der Waals surface area contributed by atoms with Crippen LogP contribution in [0.4, 0.5) is 0 Å². The Bertz CT molecular complexity index is 3130. The van der Waals surface area contributed by atoms with Crippen molar-refractivity contribution in [2.24, 2.45) is 9.98 Å². The molecule has 298 valence electrons. The van der Waals surface area contributed by atoms with Crippen LogP contribution in [0.25, 0.3) is 65.3 Å². The van der Waals surface area contributed by atoms with Crippen molar-refractivity contribution in [3.63, 3.8) is 0 Å². The molecule has 0 bridgehead atoms. The maximum Gasteiger partial charge on any atom is 0.132 e. The van der Waals surface area contributed by atoms with Gasteiger partial charge in [0.1, 0.15) is 23.6 Å². The summed E-state index contributed by atoms with van der Waals surface area (Å²) in [5.74, 6) is 0.353. The van der Waals surface area contributed by atoms with Gasteiger partial charge >= 0.3 is 0 Å². The van der Waals surface area contributed by atoms with Gasteiger partial charge in [0, 0.05) is 34.7 Å². The molecule has 0 saturated carbocycles. The molecular weight excluding hydrogens is 757 g/mol. The number of aryl methyl sites for hydroxylation is 2. The van der Waals surface area contributed by atoms with Crippen molar-refractivity contribution < 1.29 is 10.2 Å². The average molecular weight is 801 g/mol. The molecule has 2 atom stereocenters. The maximum atomic E-state index is 12.4. The lowest BCUT2D eigenvalue weighted by atomic mass is 9.88. The highest BCUT2D eigenvalue weighted by molar-refractivity contribution is 6.13. The van der Waals surface area contributed by atoms with Crippen LogP contribution in [-0.4, -0.2) is 22.6 Å². The summed E-state index contributed by atoms with van der Waals surface area (Å²) in [7, 11) is 0. The third-order valence-electron chi connectivity index (χ3n) is 12.2. The zero-order valence-electron chi connectivity index (χ0n) is 34.6. The summed E-state index contributed by atoms with van der Waals surface area (Å²) in [5, 5.41) is 33.1. The van der Waals surface area contributed by atoms with Crippen molar-refractivity contribution in [2.75, 3.05) is 0 Å². The van der Waals surface area contributed by atoms with Crippen molar-refractivity contribution in [1.82, 2.24) is 0 Å². The fourth-order valence-electron chi connectivity index (χ4n) is 9.17. The third-order valence-corrected chi connectivity index (χ3v) is 12.2. The summed E-state index contributed by atoms with van der Waals surface area (Å²) >= 11 is 0. The van der Waals surface area contributed by atoms with Gasteiger partial charge in [-0.2, -0.15) is 0 Å². The summed E-state index contributed by atoms with van der Waals surface area (Å²) < 4.78 is 0. The number of hydrogen-bond donors (Lipinski definition) is 2. The molecule has 0 fully saturated rings. The first kappa shape index (κ1) is 38.4. The fraction of sp³-hybridized carbons (Fsp3) is 0.0690. The molecule has 0 aromatic heterocycles. The molecule has 0 radical (unpaired) electrons. The number of phenols is 2. The Balaban J connectivity index is 1.15. The van der Waals surface area contributed by atoms with Gasteiger partial charge in [-0.05, 0) is 102 Å². The van der Waals surface area contributed by atoms with E-state index in [2.05, 4.69) is 111 Å². The number of benzene rings is 10. The molecular formula is C58H44N2O2. The average Bonchev–Trinajstić information content (AvgIpc) is 3.31. The zero-order valence-corrected chi connectivity index (χ0v) is 34.6. The summed E-state index contributed by atoms with van der Waals surface area (Å²) in [6.45, 7) is 4.20. The Hall–Kier alpha value is -7.82. The van der Waals surface area contributed by atoms with E-state index < -0.39 is 12.1 Å². The quantitative estimate of drug-likeness (QED) is 0.143. The SMILES string of the molecule is Cc1ccc2ccccc2c1-c1c(O)c(C=N[C@@H](c2ccccc2)[C@@H](N=Cc2cc3ccccc3c(-c3c(C)ccc4ccccc34)c2O)c2ccccc2)cc2ccccc12. The van der Waals surface area contributed by atoms with E-state index in [9.17, 15) is 10.2 Å². The Morgan fingerprint density at radius 1 is 0.355 bits per heavy atom. The van der Waals surface area contributed by atoms with Crippen LogP contribution in [0, 0.1) is 13.8 Å². The second kappa shape index (κ2) is 16.3. The van der Waals surface area contributed by atoms with E-state index in [-0.39, 0.29) is 11.5 Å². The van der Waals surface area contributed by atoms with Gasteiger partial charge in [0.15, 0.2) is 0 Å². The smallest absolute Gasteiger partial charge is 0.132 e. The molecule has 0 spiro atoms. The van der Waals surface area contributed by atoms with Crippen LogP contribution in [0.2, 0.25) is 0 Å². The lowest BCUT2D eigenvalue weighted by molar-refractivity contribution is 0.476. The van der Waals surface area contributed by atoms with Crippen LogP contribution in [0.15, 0.2) is 204 Å². The molecule has 0 amide bonds. The summed E-state index contributed by atoms with van der Waals surface area (Å²) in [4.78, 5) is 10.7. The van der Waals surface area contributed by atoms with Crippen LogP contribution in [0.1, 0.15) is 45.5 Å². The van der Waals surface area contributed by atoms with Crippen LogP contribution < -0.4 is 0 Å². The first-order valence-corrected chi connectivity index (χ1v) is 21.1. The van der Waals surface area contributed by atoms with Gasteiger partial charge in [-0.1, -0.05) is 182 Å². The number of aromatic hydroxyl groups is 2. The van der Waals surface area contributed by atoms with Crippen LogP contribution in [0.5, 0.6) is 11.5 Å². The zero-order chi connectivity index (χ0) is 42.2. The molecule has 0 aliphatic rings. The Morgan fingerprint density at radius 2 is 0.677 bits per heavy atom. The van der Waals surface area contributed by atoms with E-state index in [1.165, 1.54) is 0 Å². The normalized spacial score (nSPS) is 12.9. The minimum absolute atomic E-state index is 0.177. The number of nitrogens with zero attached hydrogens (tertiary/aromatic N) is 2. The van der Waals surface area contributed by atoms with Crippen LogP contribution in [0.3, 0.4) is 0 Å². The lowest BCUT2D eigenvalue weighted by Crippen LogP contribution is -2.09. The molecule has 0 unspecified atom stereocenters. The van der Waals surface area contributed by atoms with E-state index in [1.807, 2.05) is 109 Å². The monoisotopic (exact) mass is 800 g/mol. The van der Waals surface area contributed by atoms with Gasteiger partial charge in [-0.15, -0.1) is 0 Å². The second-order valence-corrected chi connectivity index (χ2v) is 16.0. The molecule has 0 saturated heterocycles. The second-order valence-electron chi connectivity index (χ2n) is 16.0. The topological polar surface area (TPSA) is 65.2 Å². The number of phenolic OH excluding ortho intramolecular Hbond substituents is 2. The molecule has 0 heterocycles. The summed E-state index contributed by atoms with van der Waals surface area (Å²) in [5.41, 5.74) is 8.91. The van der Waals surface area contributed by atoms with E-state index in [1.54, 1.807) is 0 Å². The first-order chi connectivity index (χ1) is 30.4. The maximum absolute atomic E-state index is 12.4. The highest BCUT2D eigenvalue weighted by atomic mass is 16.3. The van der Waals surface area contributed by atoms with E-state index in [0.29, 0.717) is 11.1 Å². The van der Waals surface area contributed by atoms with E-state index >= 15 is 0 Å². The van der Waals surface area contributed by atoms with Crippen molar-refractivity contribution >= 4 is 55.5 Å². The van der Waals surface area contributed by atoms with Crippen molar-refractivity contribution in [2.45, 2.75) is 25.9 Å². The molecule has 62 heavy (non-hydrogen) atoms. The predicted molar refractivity (Wildman–Crippen MR) is 260 cm³/mol. The molecule has 10 rings (SSSR count). The molecule has 0 aliphatic carbocycles. The fourth-order valence-corrected chi connectivity index (χ4v) is 9.17. The van der Waals surface area contributed by atoms with Gasteiger partial charge in [0.05, 0.1) is 0 Å². The highest BCUT2D eigenvalue weighted by Crippen LogP contribution is 2.46. The van der Waals surface area contributed by atoms with Crippen molar-refractivity contribution in [3.8, 4) is 33.8 Å². The first-order valence-electron chi connectivity index (χ1n) is 21.1. The summed E-state index contributed by atoms with van der Waals surface area (Å²) in [6, 6.07) is 65.1. The molecule has 10 aromatic rings. The Labute approximate surface area is 361 Å². The number of hydrogen-bond acceptors (Lipinski definition) is 4. The van der Waals surface area contributed by atoms with E-state index in [4.69, 9.17) is 9.98 Å². The van der Waals surface area contributed by atoms with Gasteiger partial charge < -0.3 is 10.2 Å². The molecule has 4 heteroatoms. The number of aliphatic imine (C=N–C) groups is 2. The minimum atomic E-state index is -0.495. The predicted octanol–water partition coefficient (Wildman–Crippen LogP) is 14.7. The molecule has 2 N–H and O–H groups in total. The standard InChI is InChI=1S/C58H44N2O2/c1-37-29-31-39-17-9-13-25-47(39)51(37)53-49-27-15-11-23-43(49)33-45(57(53)61)35-59-55(41-19-5-3-6-20-41)56(42-21-7-4-8-22-42)60-36-46-34-44-24-12-16-28-50(44)54(58(46)62)52-38(2)30-32-40-18-10-14-26-48(40)52/h3-36,55-56,61-62H,1-2H3/t55-,56-/m0/s1. The highest BCUT2D eigenvalue weighted by Gasteiger charge is 2.25. The largest absolute Gasteiger partial charge is 0.507 e. The lowest BCUT2D eigenvalue weighted by Gasteiger charge is -2.23. The third kappa shape index (κ3) is 6.96. The molecule has 10 aromatic carbocycles. The Kier molecular flexibility index (Phi) is 10.1. The van der Waals surface area contributed by atoms with Gasteiger partial charge in [-0.25, -0.2) is 0 Å². The van der Waals surface area contributed by atoms with Crippen molar-refractivity contribution in [3.05, 3.63) is 228 Å². The molecule has 4 nitrogen and oxygen atoms in total. The Morgan fingerprint density at radius 3 is 1.06 bits per heavy atom. The van der Waals surface area contributed by atoms with Crippen LogP contribution in [-0.2, 0) is 0 Å². The van der Waals surface area contributed by atoms with Gasteiger partial charge in [0.25, 0.3) is 0 Å². The number of fused-ring (bicyclic) bond motifs is 4. The van der Waals surface area contributed by atoms with Crippen LogP contribution >= 0.6 is 0 Å². The summed E-state index contributed by atoms with van der Waals surface area (Å²) in [6.07, 6.45) is 3.62. The molecule has 0 aliphatic heterocycles. The number of rotatable bonds is 9. The van der Waals surface area contributed by atoms with E-state index in [0.717, 1.165) is 87.6 Å². The van der Waals surface area contributed by atoms with Gasteiger partial charge in [-0.3, -0.25) is 9.98 Å². The van der Waals surface area contributed by atoms with Gasteiger partial charge in [0.2, 0.25) is 0 Å². The minimum Gasteiger partial charge on any atom is -0.507 e. The van der Waals surface area contributed by atoms with Crippen molar-refractivity contribution in [1.29, 1.82) is 0 Å².